The number of halogens is 2. The van der Waals surface area contributed by atoms with Crippen LogP contribution >= 0.6 is 23.2 Å². The van der Waals surface area contributed by atoms with Crippen LogP contribution in [0.2, 0.25) is 0 Å². The Morgan fingerprint density at radius 1 is 1.42 bits per heavy atom. The summed E-state index contributed by atoms with van der Waals surface area (Å²) in [5.41, 5.74) is 0.556. The molecule has 0 aliphatic carbocycles. The van der Waals surface area contributed by atoms with Gasteiger partial charge in [0.25, 0.3) is 0 Å². The van der Waals surface area contributed by atoms with Crippen LogP contribution in [0.15, 0.2) is 12.2 Å². The Balaban J connectivity index is 2.97. The van der Waals surface area contributed by atoms with Crippen molar-refractivity contribution in [3.63, 3.8) is 0 Å². The van der Waals surface area contributed by atoms with Gasteiger partial charge in [-0.25, -0.2) is 0 Å². The molecular weight excluding hydrogens is 291 g/mol. The molecule has 0 amide bonds. The van der Waals surface area contributed by atoms with Crippen LogP contribution in [0.5, 0.6) is 0 Å². The molecule has 0 aromatic rings. The Hall–Kier alpha value is 0.160. The second-order valence-electron chi connectivity index (χ2n) is 5.08. The number of aliphatic hydroxyl groups is 3. The van der Waals surface area contributed by atoms with Gasteiger partial charge in [-0.1, -0.05) is 38.4 Å². The highest BCUT2D eigenvalue weighted by Gasteiger charge is 2.54. The van der Waals surface area contributed by atoms with Crippen molar-refractivity contribution in [2.45, 2.75) is 55.4 Å². The molecule has 6 atom stereocenters. The summed E-state index contributed by atoms with van der Waals surface area (Å²) in [6, 6.07) is 0. The van der Waals surface area contributed by atoms with Crippen molar-refractivity contribution >= 4 is 23.2 Å². The van der Waals surface area contributed by atoms with Gasteiger partial charge in [0.1, 0.15) is 23.7 Å². The summed E-state index contributed by atoms with van der Waals surface area (Å²) in [5, 5.41) is 26.4. The molecule has 4 nitrogen and oxygen atoms in total. The molecule has 112 valence electrons. The summed E-state index contributed by atoms with van der Waals surface area (Å²) in [7, 11) is 0. The number of aliphatic hydroxyl groups excluding tert-OH is 3. The van der Waals surface area contributed by atoms with E-state index in [1.165, 1.54) is 0 Å². The zero-order chi connectivity index (χ0) is 14.8. The topological polar surface area (TPSA) is 69.9 Å². The van der Waals surface area contributed by atoms with Crippen molar-refractivity contribution in [3.8, 4) is 0 Å². The Kier molecular flexibility index (Phi) is 6.11. The predicted molar refractivity (Wildman–Crippen MR) is 75.4 cm³/mol. The molecule has 1 heterocycles. The highest BCUT2D eigenvalue weighted by atomic mass is 35.5. The largest absolute Gasteiger partial charge is 0.394 e. The summed E-state index contributed by atoms with van der Waals surface area (Å²) in [4.78, 5) is 0. The van der Waals surface area contributed by atoms with Gasteiger partial charge >= 0.3 is 0 Å². The first-order valence-corrected chi connectivity index (χ1v) is 7.28. The van der Waals surface area contributed by atoms with Gasteiger partial charge in [0.15, 0.2) is 5.06 Å². The number of alkyl halides is 2. The average molecular weight is 313 g/mol. The van der Waals surface area contributed by atoms with Crippen LogP contribution in [-0.4, -0.2) is 50.7 Å². The van der Waals surface area contributed by atoms with Crippen molar-refractivity contribution in [1.82, 2.24) is 0 Å². The van der Waals surface area contributed by atoms with Gasteiger partial charge < -0.3 is 20.1 Å². The van der Waals surface area contributed by atoms with Gasteiger partial charge in [0.2, 0.25) is 0 Å². The predicted octanol–water partition coefficient (Wildman–Crippen LogP) is 1.63. The summed E-state index contributed by atoms with van der Waals surface area (Å²) in [5.74, 6) is 0.0607. The summed E-state index contributed by atoms with van der Waals surface area (Å²) in [6.45, 7) is 7.47. The number of hydrogen-bond donors (Lipinski definition) is 3. The first-order valence-electron chi connectivity index (χ1n) is 6.46. The summed E-state index contributed by atoms with van der Waals surface area (Å²) >= 11 is 12.5. The van der Waals surface area contributed by atoms with Gasteiger partial charge in [-0.15, -0.1) is 11.6 Å². The Bertz CT molecular complexity index is 324. The van der Waals surface area contributed by atoms with E-state index in [9.17, 15) is 15.3 Å². The van der Waals surface area contributed by atoms with E-state index in [1.54, 1.807) is 0 Å². The van der Waals surface area contributed by atoms with Crippen molar-refractivity contribution in [2.75, 3.05) is 6.61 Å². The number of hydrogen-bond acceptors (Lipinski definition) is 4. The Labute approximate surface area is 124 Å². The zero-order valence-electron chi connectivity index (χ0n) is 11.2. The molecule has 0 radical (unpaired) electrons. The van der Waals surface area contributed by atoms with E-state index < -0.39 is 35.4 Å². The molecule has 1 aliphatic rings. The maximum atomic E-state index is 9.95. The first-order chi connectivity index (χ1) is 8.79. The minimum atomic E-state index is -1.48. The third-order valence-corrected chi connectivity index (χ3v) is 4.89. The quantitative estimate of drug-likeness (QED) is 0.533. The van der Waals surface area contributed by atoms with Crippen molar-refractivity contribution in [3.05, 3.63) is 12.2 Å². The van der Waals surface area contributed by atoms with Crippen molar-refractivity contribution in [1.29, 1.82) is 0 Å². The number of rotatable bonds is 5. The standard InChI is InChI=1S/C13H22Cl2O4/c1-4-5-7(2)8(3)13(15)12(14)11(18)10(17)9(6-16)19-13/h7,9-12,16-18H,3-6H2,1-2H3. The Morgan fingerprint density at radius 3 is 2.47 bits per heavy atom. The lowest BCUT2D eigenvalue weighted by molar-refractivity contribution is -0.182. The molecule has 1 aliphatic heterocycles. The fourth-order valence-corrected chi connectivity index (χ4v) is 3.08. The molecule has 1 saturated heterocycles. The molecule has 3 N–H and O–H groups in total. The van der Waals surface area contributed by atoms with Crippen LogP contribution in [-0.2, 0) is 4.74 Å². The molecule has 6 unspecified atom stereocenters. The van der Waals surface area contributed by atoms with Crippen molar-refractivity contribution < 1.29 is 20.1 Å². The molecule has 0 aromatic carbocycles. The lowest BCUT2D eigenvalue weighted by atomic mass is 9.86. The molecular formula is C13H22Cl2O4. The van der Waals surface area contributed by atoms with Crippen LogP contribution in [0.3, 0.4) is 0 Å². The zero-order valence-corrected chi connectivity index (χ0v) is 12.7. The van der Waals surface area contributed by atoms with Gasteiger partial charge in [0, 0.05) is 0 Å². The van der Waals surface area contributed by atoms with Crippen LogP contribution < -0.4 is 0 Å². The third kappa shape index (κ3) is 3.26. The van der Waals surface area contributed by atoms with Crippen LogP contribution in [0, 0.1) is 5.92 Å². The smallest absolute Gasteiger partial charge is 0.182 e. The van der Waals surface area contributed by atoms with E-state index in [-0.39, 0.29) is 5.92 Å². The molecule has 19 heavy (non-hydrogen) atoms. The normalized spacial score (nSPS) is 41.0. The minimum Gasteiger partial charge on any atom is -0.394 e. The van der Waals surface area contributed by atoms with Gasteiger partial charge in [-0.05, 0) is 17.9 Å². The van der Waals surface area contributed by atoms with Gasteiger partial charge in [-0.2, -0.15) is 0 Å². The van der Waals surface area contributed by atoms with Crippen LogP contribution in [0.25, 0.3) is 0 Å². The molecule has 0 spiro atoms. The molecule has 1 rings (SSSR count). The molecule has 1 fully saturated rings. The average Bonchev–Trinajstić information content (AvgIpc) is 2.40. The summed E-state index contributed by atoms with van der Waals surface area (Å²) in [6.07, 6.45) is -1.71. The second kappa shape index (κ2) is 6.74. The van der Waals surface area contributed by atoms with Crippen LogP contribution in [0.4, 0.5) is 0 Å². The molecule has 6 heteroatoms. The first kappa shape index (κ1) is 17.2. The lowest BCUT2D eigenvalue weighted by Crippen LogP contribution is -2.61. The fourth-order valence-electron chi connectivity index (χ4n) is 2.31. The van der Waals surface area contributed by atoms with Crippen molar-refractivity contribution in [2.24, 2.45) is 5.92 Å². The fraction of sp³-hybridized carbons (Fsp3) is 0.846. The second-order valence-corrected chi connectivity index (χ2v) is 6.11. The van der Waals surface area contributed by atoms with E-state index in [0.29, 0.717) is 5.57 Å². The molecule has 0 aromatic heterocycles. The maximum absolute atomic E-state index is 9.95. The minimum absolute atomic E-state index is 0.0607. The molecule has 0 bridgehead atoms. The van der Waals surface area contributed by atoms with Crippen LogP contribution in [0.1, 0.15) is 26.7 Å². The highest BCUT2D eigenvalue weighted by molar-refractivity contribution is 6.33. The van der Waals surface area contributed by atoms with Gasteiger partial charge in [0.05, 0.1) is 6.61 Å². The SMILES string of the molecule is C=C(C(C)CCC)C1(Cl)OC(CO)C(O)C(O)C1Cl. The van der Waals surface area contributed by atoms with E-state index in [0.717, 1.165) is 12.8 Å². The van der Waals surface area contributed by atoms with E-state index in [1.807, 2.05) is 13.8 Å². The van der Waals surface area contributed by atoms with Gasteiger partial charge in [-0.3, -0.25) is 0 Å². The maximum Gasteiger partial charge on any atom is 0.182 e. The van der Waals surface area contributed by atoms with E-state index in [2.05, 4.69) is 6.58 Å². The monoisotopic (exact) mass is 312 g/mol. The van der Waals surface area contributed by atoms with E-state index >= 15 is 0 Å². The number of ether oxygens (including phenoxy) is 1. The highest BCUT2D eigenvalue weighted by Crippen LogP contribution is 2.44. The lowest BCUT2D eigenvalue weighted by Gasteiger charge is -2.47. The third-order valence-electron chi connectivity index (χ3n) is 3.64. The summed E-state index contributed by atoms with van der Waals surface area (Å²) < 4.78 is 5.52. The Morgan fingerprint density at radius 2 is 2.00 bits per heavy atom. The van der Waals surface area contributed by atoms with E-state index in [4.69, 9.17) is 27.9 Å². The molecule has 0 saturated carbocycles.